The molecule has 1 aliphatic rings. The molecule has 202 valence electrons. The van der Waals surface area contributed by atoms with Crippen LogP contribution in [-0.4, -0.2) is 49.7 Å². The first kappa shape index (κ1) is 28.3. The Hall–Kier alpha value is -4.27. The lowest BCUT2D eigenvalue weighted by molar-refractivity contribution is -0.130. The summed E-state index contributed by atoms with van der Waals surface area (Å²) in [4.78, 5) is 39.7. The second-order valence-corrected chi connectivity index (χ2v) is 8.41. The first-order valence-corrected chi connectivity index (χ1v) is 12.6. The molecular weight excluding hydrogens is 488 g/mol. The Labute approximate surface area is 223 Å². The molecule has 0 saturated carbocycles. The molecule has 1 N–H and O–H groups in total. The minimum absolute atomic E-state index is 0.0606. The molecule has 1 saturated heterocycles. The van der Waals surface area contributed by atoms with E-state index in [0.29, 0.717) is 60.4 Å². The highest BCUT2D eigenvalue weighted by Gasteiger charge is 2.36. The van der Waals surface area contributed by atoms with E-state index >= 15 is 0 Å². The SMILES string of the molecule is C=CCc1cc(/C=C2\C(=O)NC(=O)N(Cc3ccc(OCCC)c(OC)c3)C2=O)cc(OCC)c1OCC. The minimum Gasteiger partial charge on any atom is -0.493 e. The molecule has 0 aliphatic carbocycles. The summed E-state index contributed by atoms with van der Waals surface area (Å²) in [5, 5.41) is 2.26. The summed E-state index contributed by atoms with van der Waals surface area (Å²) in [7, 11) is 1.52. The first-order chi connectivity index (χ1) is 18.4. The van der Waals surface area contributed by atoms with Gasteiger partial charge in [0.1, 0.15) is 5.57 Å². The number of methoxy groups -OCH3 is 1. The van der Waals surface area contributed by atoms with E-state index in [4.69, 9.17) is 18.9 Å². The molecule has 1 aliphatic heterocycles. The molecule has 0 spiro atoms. The second-order valence-electron chi connectivity index (χ2n) is 8.41. The van der Waals surface area contributed by atoms with Crippen LogP contribution in [0.1, 0.15) is 43.9 Å². The number of barbiturate groups is 1. The van der Waals surface area contributed by atoms with Crippen LogP contribution in [0.5, 0.6) is 23.0 Å². The lowest BCUT2D eigenvalue weighted by Gasteiger charge is -2.26. The first-order valence-electron chi connectivity index (χ1n) is 12.6. The van der Waals surface area contributed by atoms with Gasteiger partial charge in [0.15, 0.2) is 23.0 Å². The molecule has 3 rings (SSSR count). The maximum Gasteiger partial charge on any atom is 0.331 e. The number of imide groups is 2. The Morgan fingerprint density at radius 2 is 1.71 bits per heavy atom. The highest BCUT2D eigenvalue weighted by Crippen LogP contribution is 2.35. The number of hydrogen-bond acceptors (Lipinski definition) is 7. The molecule has 0 radical (unpaired) electrons. The standard InChI is InChI=1S/C29H34N2O7/c1-6-10-21-14-20(17-25(36-8-3)26(21)37-9-4)15-22-27(32)30-29(34)31(28(22)33)18-19-11-12-23(38-13-7-2)24(16-19)35-5/h6,11-12,14-17H,1,7-10,13,18H2,2-5H3,(H,30,32,34)/b22-15+. The van der Waals surface area contributed by atoms with Gasteiger partial charge in [-0.25, -0.2) is 4.79 Å². The summed E-state index contributed by atoms with van der Waals surface area (Å²) in [5.41, 5.74) is 1.82. The maximum atomic E-state index is 13.4. The predicted molar refractivity (Wildman–Crippen MR) is 144 cm³/mol. The monoisotopic (exact) mass is 522 g/mol. The fraction of sp³-hybridized carbons (Fsp3) is 0.345. The Morgan fingerprint density at radius 1 is 0.947 bits per heavy atom. The third kappa shape index (κ3) is 6.53. The quantitative estimate of drug-likeness (QED) is 0.232. The molecule has 38 heavy (non-hydrogen) atoms. The Morgan fingerprint density at radius 3 is 2.37 bits per heavy atom. The number of allylic oxidation sites excluding steroid dienone is 1. The average molecular weight is 523 g/mol. The van der Waals surface area contributed by atoms with E-state index < -0.39 is 17.8 Å². The van der Waals surface area contributed by atoms with Crippen molar-refractivity contribution in [2.24, 2.45) is 0 Å². The van der Waals surface area contributed by atoms with Gasteiger partial charge in [0.2, 0.25) is 0 Å². The smallest absolute Gasteiger partial charge is 0.331 e. The van der Waals surface area contributed by atoms with Crippen LogP contribution in [0.4, 0.5) is 4.79 Å². The van der Waals surface area contributed by atoms with Crippen molar-refractivity contribution in [3.63, 3.8) is 0 Å². The zero-order valence-electron chi connectivity index (χ0n) is 22.3. The molecule has 9 nitrogen and oxygen atoms in total. The number of nitrogens with one attached hydrogen (secondary N) is 1. The van der Waals surface area contributed by atoms with E-state index in [1.165, 1.54) is 13.2 Å². The third-order valence-electron chi connectivity index (χ3n) is 5.63. The van der Waals surface area contributed by atoms with Crippen molar-refractivity contribution >= 4 is 23.9 Å². The van der Waals surface area contributed by atoms with E-state index in [0.717, 1.165) is 16.9 Å². The molecular formula is C29H34N2O7. The summed E-state index contributed by atoms with van der Waals surface area (Å²) >= 11 is 0. The van der Waals surface area contributed by atoms with Gasteiger partial charge in [-0.3, -0.25) is 19.8 Å². The number of ether oxygens (including phenoxy) is 4. The van der Waals surface area contributed by atoms with Crippen LogP contribution in [0, 0.1) is 0 Å². The number of carbonyl (C=O) groups excluding carboxylic acids is 3. The Bertz CT molecular complexity index is 1240. The molecule has 1 heterocycles. The highest BCUT2D eigenvalue weighted by atomic mass is 16.5. The molecule has 1 fully saturated rings. The van der Waals surface area contributed by atoms with E-state index in [2.05, 4.69) is 11.9 Å². The van der Waals surface area contributed by atoms with Crippen LogP contribution in [0.2, 0.25) is 0 Å². The fourth-order valence-corrected chi connectivity index (χ4v) is 3.97. The number of hydrogen-bond donors (Lipinski definition) is 1. The van der Waals surface area contributed by atoms with Gasteiger partial charge in [0, 0.05) is 5.56 Å². The van der Waals surface area contributed by atoms with Crippen LogP contribution < -0.4 is 24.3 Å². The number of carbonyl (C=O) groups is 3. The van der Waals surface area contributed by atoms with Crippen LogP contribution >= 0.6 is 0 Å². The van der Waals surface area contributed by atoms with Crippen LogP contribution in [0.3, 0.4) is 0 Å². The number of urea groups is 1. The summed E-state index contributed by atoms with van der Waals surface area (Å²) in [5.74, 6) is 0.664. The van der Waals surface area contributed by atoms with E-state index in [9.17, 15) is 14.4 Å². The van der Waals surface area contributed by atoms with Gasteiger partial charge in [-0.1, -0.05) is 19.1 Å². The van der Waals surface area contributed by atoms with Gasteiger partial charge in [-0.2, -0.15) is 0 Å². The lowest BCUT2D eigenvalue weighted by Crippen LogP contribution is -2.53. The van der Waals surface area contributed by atoms with E-state index in [1.54, 1.807) is 30.3 Å². The molecule has 4 amide bonds. The zero-order valence-corrected chi connectivity index (χ0v) is 22.3. The Balaban J connectivity index is 1.95. The summed E-state index contributed by atoms with van der Waals surface area (Å²) in [6.07, 6.45) is 4.52. The number of amides is 4. The Kier molecular flexibility index (Phi) is 9.92. The van der Waals surface area contributed by atoms with Gasteiger partial charge in [-0.15, -0.1) is 6.58 Å². The largest absolute Gasteiger partial charge is 0.493 e. The lowest BCUT2D eigenvalue weighted by atomic mass is 10.0. The van der Waals surface area contributed by atoms with Gasteiger partial charge in [0.25, 0.3) is 11.8 Å². The fourth-order valence-electron chi connectivity index (χ4n) is 3.97. The van der Waals surface area contributed by atoms with Crippen LogP contribution in [0.15, 0.2) is 48.6 Å². The van der Waals surface area contributed by atoms with Gasteiger partial charge < -0.3 is 18.9 Å². The number of nitrogens with zero attached hydrogens (tertiary/aromatic N) is 1. The minimum atomic E-state index is -0.795. The van der Waals surface area contributed by atoms with Crippen LogP contribution in [-0.2, 0) is 22.6 Å². The molecule has 0 bridgehead atoms. The topological polar surface area (TPSA) is 103 Å². The van der Waals surface area contributed by atoms with Crippen molar-refractivity contribution < 1.29 is 33.3 Å². The van der Waals surface area contributed by atoms with Gasteiger partial charge in [-0.05, 0) is 68.2 Å². The molecule has 0 aromatic heterocycles. The zero-order chi connectivity index (χ0) is 27.7. The van der Waals surface area contributed by atoms with Crippen molar-refractivity contribution in [3.05, 3.63) is 65.3 Å². The molecule has 0 atom stereocenters. The van der Waals surface area contributed by atoms with Gasteiger partial charge >= 0.3 is 6.03 Å². The van der Waals surface area contributed by atoms with Crippen molar-refractivity contribution in [3.8, 4) is 23.0 Å². The number of rotatable bonds is 13. The van der Waals surface area contributed by atoms with Crippen molar-refractivity contribution in [1.82, 2.24) is 10.2 Å². The molecule has 2 aromatic rings. The van der Waals surface area contributed by atoms with E-state index in [-0.39, 0.29) is 12.1 Å². The van der Waals surface area contributed by atoms with Crippen molar-refractivity contribution in [1.29, 1.82) is 0 Å². The predicted octanol–water partition coefficient (Wildman–Crippen LogP) is 4.67. The maximum absolute atomic E-state index is 13.4. The summed E-state index contributed by atoms with van der Waals surface area (Å²) in [6, 6.07) is 7.90. The summed E-state index contributed by atoms with van der Waals surface area (Å²) in [6.45, 7) is 10.8. The normalized spacial score (nSPS) is 14.4. The second kappa shape index (κ2) is 13.3. The van der Waals surface area contributed by atoms with Crippen molar-refractivity contribution in [2.45, 2.75) is 40.2 Å². The third-order valence-corrected chi connectivity index (χ3v) is 5.63. The molecule has 2 aromatic carbocycles. The van der Waals surface area contributed by atoms with Crippen molar-refractivity contribution in [2.75, 3.05) is 26.9 Å². The molecule has 9 heteroatoms. The highest BCUT2D eigenvalue weighted by molar-refractivity contribution is 6.31. The molecule has 0 unspecified atom stereocenters. The average Bonchev–Trinajstić information content (AvgIpc) is 2.90. The van der Waals surface area contributed by atoms with Crippen LogP contribution in [0.25, 0.3) is 6.08 Å². The number of benzene rings is 2. The van der Waals surface area contributed by atoms with E-state index in [1.807, 2.05) is 26.8 Å². The summed E-state index contributed by atoms with van der Waals surface area (Å²) < 4.78 is 22.7. The van der Waals surface area contributed by atoms with Gasteiger partial charge in [0.05, 0.1) is 33.5 Å².